The van der Waals surface area contributed by atoms with Gasteiger partial charge in [-0.2, -0.15) is 11.8 Å². The number of nitrogens with two attached hydrogens (primary N) is 1. The molecular weight excluding hydrogens is 232 g/mol. The summed E-state index contributed by atoms with van der Waals surface area (Å²) in [5, 5.41) is 3.57. The van der Waals surface area contributed by atoms with Crippen LogP contribution in [0.2, 0.25) is 0 Å². The molecule has 1 heterocycles. The Morgan fingerprint density at radius 2 is 2.12 bits per heavy atom. The molecule has 0 spiro atoms. The van der Waals surface area contributed by atoms with Gasteiger partial charge >= 0.3 is 0 Å². The van der Waals surface area contributed by atoms with Crippen molar-refractivity contribution in [2.45, 2.75) is 24.5 Å². The van der Waals surface area contributed by atoms with Crippen LogP contribution in [-0.2, 0) is 0 Å². The van der Waals surface area contributed by atoms with E-state index in [1.807, 2.05) is 11.8 Å². The summed E-state index contributed by atoms with van der Waals surface area (Å²) in [6.07, 6.45) is 3.81. The van der Waals surface area contributed by atoms with Gasteiger partial charge in [0.05, 0.1) is 0 Å². The van der Waals surface area contributed by atoms with E-state index in [0.717, 1.165) is 6.54 Å². The lowest BCUT2D eigenvalue weighted by molar-refractivity contribution is 0.0953. The first-order valence-electron chi connectivity index (χ1n) is 6.01. The molecule has 1 aliphatic heterocycles. The highest BCUT2D eigenvalue weighted by Gasteiger charge is 2.15. The van der Waals surface area contributed by atoms with Gasteiger partial charge in [-0.05, 0) is 42.9 Å². The maximum absolute atomic E-state index is 11.8. The highest BCUT2D eigenvalue weighted by molar-refractivity contribution is 7.99. The monoisotopic (exact) mass is 250 g/mol. The molecule has 1 unspecified atom stereocenters. The number of amides is 1. The summed E-state index contributed by atoms with van der Waals surface area (Å²) in [4.78, 5) is 11.8. The van der Waals surface area contributed by atoms with E-state index in [-0.39, 0.29) is 5.91 Å². The minimum absolute atomic E-state index is 0.00354. The predicted molar refractivity (Wildman–Crippen MR) is 73.3 cm³/mol. The number of hydrogen-bond donors (Lipinski definition) is 2. The van der Waals surface area contributed by atoms with E-state index in [1.165, 1.54) is 25.0 Å². The van der Waals surface area contributed by atoms with Crippen molar-refractivity contribution in [2.24, 2.45) is 0 Å². The van der Waals surface area contributed by atoms with Gasteiger partial charge in [0.25, 0.3) is 5.91 Å². The molecule has 2 rings (SSSR count). The first kappa shape index (κ1) is 12.3. The minimum atomic E-state index is -0.00354. The van der Waals surface area contributed by atoms with Gasteiger partial charge in [-0.3, -0.25) is 4.79 Å². The van der Waals surface area contributed by atoms with Gasteiger partial charge in [-0.1, -0.05) is 6.42 Å². The van der Waals surface area contributed by atoms with Gasteiger partial charge in [-0.25, -0.2) is 0 Å². The molecule has 1 saturated heterocycles. The smallest absolute Gasteiger partial charge is 0.251 e. The summed E-state index contributed by atoms with van der Waals surface area (Å²) in [5.74, 6) is 1.22. The maximum atomic E-state index is 11.8. The van der Waals surface area contributed by atoms with Gasteiger partial charge in [-0.15, -0.1) is 0 Å². The summed E-state index contributed by atoms with van der Waals surface area (Å²) in [6.45, 7) is 0.772. The Morgan fingerprint density at radius 1 is 1.35 bits per heavy atom. The average molecular weight is 250 g/mol. The molecule has 0 bridgehead atoms. The maximum Gasteiger partial charge on any atom is 0.251 e. The lowest BCUT2D eigenvalue weighted by Crippen LogP contribution is -2.31. The molecule has 1 aromatic carbocycles. The lowest BCUT2D eigenvalue weighted by atomic mass is 10.1. The predicted octanol–water partition coefficient (Wildman–Crippen LogP) is 2.28. The largest absolute Gasteiger partial charge is 0.399 e. The van der Waals surface area contributed by atoms with Crippen molar-refractivity contribution in [1.29, 1.82) is 0 Å². The molecule has 1 aliphatic rings. The van der Waals surface area contributed by atoms with Crippen LogP contribution < -0.4 is 11.1 Å². The van der Waals surface area contributed by atoms with Crippen molar-refractivity contribution in [2.75, 3.05) is 18.0 Å². The van der Waals surface area contributed by atoms with Crippen LogP contribution in [0.1, 0.15) is 29.6 Å². The van der Waals surface area contributed by atoms with Crippen LogP contribution >= 0.6 is 11.8 Å². The van der Waals surface area contributed by atoms with E-state index in [9.17, 15) is 4.79 Å². The second-order valence-electron chi connectivity index (χ2n) is 4.32. The van der Waals surface area contributed by atoms with Gasteiger partial charge in [0, 0.05) is 23.0 Å². The van der Waals surface area contributed by atoms with Crippen LogP contribution in [-0.4, -0.2) is 23.5 Å². The summed E-state index contributed by atoms with van der Waals surface area (Å²) in [7, 11) is 0. The quantitative estimate of drug-likeness (QED) is 0.809. The number of hydrogen-bond acceptors (Lipinski definition) is 3. The second kappa shape index (κ2) is 5.96. The fourth-order valence-corrected chi connectivity index (χ4v) is 3.15. The Bertz CT molecular complexity index is 372. The van der Waals surface area contributed by atoms with E-state index in [4.69, 9.17) is 5.73 Å². The number of nitrogens with one attached hydrogen (secondary N) is 1. The van der Waals surface area contributed by atoms with Crippen molar-refractivity contribution in [3.63, 3.8) is 0 Å². The highest BCUT2D eigenvalue weighted by Crippen LogP contribution is 2.24. The first-order chi connectivity index (χ1) is 8.25. The molecule has 0 aliphatic carbocycles. The number of rotatable bonds is 3. The van der Waals surface area contributed by atoms with Crippen LogP contribution in [0.15, 0.2) is 24.3 Å². The van der Waals surface area contributed by atoms with E-state index in [0.29, 0.717) is 16.5 Å². The normalized spacial score (nSPS) is 19.9. The van der Waals surface area contributed by atoms with Crippen molar-refractivity contribution >= 4 is 23.4 Å². The van der Waals surface area contributed by atoms with Crippen molar-refractivity contribution < 1.29 is 4.79 Å². The van der Waals surface area contributed by atoms with Crippen molar-refractivity contribution in [3.05, 3.63) is 29.8 Å². The summed E-state index contributed by atoms with van der Waals surface area (Å²) >= 11 is 1.97. The zero-order valence-electron chi connectivity index (χ0n) is 9.82. The molecule has 4 heteroatoms. The molecule has 0 aromatic heterocycles. The van der Waals surface area contributed by atoms with Crippen molar-refractivity contribution in [1.82, 2.24) is 5.32 Å². The lowest BCUT2D eigenvalue weighted by Gasteiger charge is -2.21. The van der Waals surface area contributed by atoms with E-state index >= 15 is 0 Å². The third-order valence-corrected chi connectivity index (χ3v) is 4.34. The first-order valence-corrected chi connectivity index (χ1v) is 7.06. The number of carbonyl (C=O) groups is 1. The Balaban J connectivity index is 1.82. The van der Waals surface area contributed by atoms with Gasteiger partial charge in [0.15, 0.2) is 0 Å². The Kier molecular flexibility index (Phi) is 4.31. The second-order valence-corrected chi connectivity index (χ2v) is 5.73. The van der Waals surface area contributed by atoms with Gasteiger partial charge in [0.1, 0.15) is 0 Å². The Labute approximate surface area is 106 Å². The van der Waals surface area contributed by atoms with Crippen LogP contribution in [0, 0.1) is 0 Å². The van der Waals surface area contributed by atoms with Gasteiger partial charge in [0.2, 0.25) is 0 Å². The Hall–Kier alpha value is -1.16. The molecule has 1 amide bonds. The summed E-state index contributed by atoms with van der Waals surface area (Å²) < 4.78 is 0. The van der Waals surface area contributed by atoms with Crippen LogP contribution in [0.3, 0.4) is 0 Å². The van der Waals surface area contributed by atoms with Crippen LogP contribution in [0.25, 0.3) is 0 Å². The number of benzene rings is 1. The number of thioether (sulfide) groups is 1. The third kappa shape index (κ3) is 3.66. The zero-order valence-corrected chi connectivity index (χ0v) is 10.6. The average Bonchev–Trinajstić information content (AvgIpc) is 2.38. The fourth-order valence-electron chi connectivity index (χ4n) is 1.91. The SMILES string of the molecule is Nc1ccc(C(=O)NCC2CCCCS2)cc1. The van der Waals surface area contributed by atoms with E-state index in [2.05, 4.69) is 5.32 Å². The molecular formula is C13H18N2OS. The van der Waals surface area contributed by atoms with Crippen molar-refractivity contribution in [3.8, 4) is 0 Å². The third-order valence-electron chi connectivity index (χ3n) is 2.94. The van der Waals surface area contributed by atoms with E-state index < -0.39 is 0 Å². The standard InChI is InChI=1S/C13H18N2OS/c14-11-6-4-10(5-7-11)13(16)15-9-12-3-1-2-8-17-12/h4-7,12H,1-3,8-9,14H2,(H,15,16). The number of anilines is 1. The molecule has 0 radical (unpaired) electrons. The van der Waals surface area contributed by atoms with Gasteiger partial charge < -0.3 is 11.1 Å². The Morgan fingerprint density at radius 3 is 2.76 bits per heavy atom. The van der Waals surface area contributed by atoms with Crippen LogP contribution in [0.4, 0.5) is 5.69 Å². The topological polar surface area (TPSA) is 55.1 Å². The fraction of sp³-hybridized carbons (Fsp3) is 0.462. The molecule has 0 saturated carbocycles. The molecule has 92 valence electrons. The summed E-state index contributed by atoms with van der Waals surface area (Å²) in [5.41, 5.74) is 6.95. The molecule has 1 atom stereocenters. The molecule has 1 aromatic rings. The number of nitrogen functional groups attached to an aromatic ring is 1. The van der Waals surface area contributed by atoms with Crippen LogP contribution in [0.5, 0.6) is 0 Å². The molecule has 1 fully saturated rings. The van der Waals surface area contributed by atoms with E-state index in [1.54, 1.807) is 24.3 Å². The zero-order chi connectivity index (χ0) is 12.1. The molecule has 3 nitrogen and oxygen atoms in total. The molecule has 3 N–H and O–H groups in total. The minimum Gasteiger partial charge on any atom is -0.399 e. The highest BCUT2D eigenvalue weighted by atomic mass is 32.2. The number of carbonyl (C=O) groups excluding carboxylic acids is 1. The molecule has 17 heavy (non-hydrogen) atoms. The summed E-state index contributed by atoms with van der Waals surface area (Å²) in [6, 6.07) is 7.03.